The van der Waals surface area contributed by atoms with Crippen LogP contribution in [0.5, 0.6) is 0 Å². The van der Waals surface area contributed by atoms with Crippen molar-refractivity contribution in [2.45, 2.75) is 31.5 Å². The minimum atomic E-state index is -0.928. The van der Waals surface area contributed by atoms with Gasteiger partial charge in [-0.15, -0.1) is 0 Å². The molecule has 1 fully saturated rings. The zero-order valence-corrected chi connectivity index (χ0v) is 6.10. The second kappa shape index (κ2) is 3.19. The quantitative estimate of drug-likeness (QED) is 0.487. The van der Waals surface area contributed by atoms with E-state index in [9.17, 15) is 4.79 Å². The third-order valence-corrected chi connectivity index (χ3v) is 2.01. The lowest BCUT2D eigenvalue weighted by Crippen LogP contribution is -2.33. The normalized spacial score (nSPS) is 38.5. The van der Waals surface area contributed by atoms with Gasteiger partial charge >= 0.3 is 5.97 Å². The lowest BCUT2D eigenvalue weighted by atomic mass is 9.85. The summed E-state index contributed by atoms with van der Waals surface area (Å²) in [6.07, 6.45) is -0.456. The summed E-state index contributed by atoms with van der Waals surface area (Å²) >= 11 is 0. The fraction of sp³-hybridized carbons (Fsp3) is 0.857. The van der Waals surface area contributed by atoms with Gasteiger partial charge < -0.3 is 15.3 Å². The zero-order chi connectivity index (χ0) is 8.43. The van der Waals surface area contributed by atoms with E-state index in [1.54, 1.807) is 0 Å². The maximum atomic E-state index is 10.4. The molecule has 3 N–H and O–H groups in total. The van der Waals surface area contributed by atoms with Crippen LogP contribution in [0, 0.1) is 5.92 Å². The molecule has 0 spiro atoms. The Labute approximate surface area is 64.5 Å². The van der Waals surface area contributed by atoms with Crippen LogP contribution in [-0.2, 0) is 4.79 Å². The summed E-state index contributed by atoms with van der Waals surface area (Å²) < 4.78 is 0. The Morgan fingerprint density at radius 3 is 1.91 bits per heavy atom. The van der Waals surface area contributed by atoms with Crippen molar-refractivity contribution in [3.8, 4) is 0 Å². The average Bonchev–Trinajstić information content (AvgIpc) is 1.85. The van der Waals surface area contributed by atoms with Gasteiger partial charge in [0.15, 0.2) is 0 Å². The second-order valence-electron chi connectivity index (χ2n) is 3.05. The van der Waals surface area contributed by atoms with Crippen LogP contribution >= 0.6 is 0 Å². The van der Waals surface area contributed by atoms with Crippen molar-refractivity contribution >= 4 is 5.97 Å². The van der Waals surface area contributed by atoms with Gasteiger partial charge in [-0.2, -0.15) is 0 Å². The largest absolute Gasteiger partial charge is 0.481 e. The van der Waals surface area contributed by atoms with E-state index in [0.717, 1.165) is 0 Å². The maximum Gasteiger partial charge on any atom is 0.306 e. The molecule has 1 aliphatic carbocycles. The maximum absolute atomic E-state index is 10.4. The summed E-state index contributed by atoms with van der Waals surface area (Å²) in [5.41, 5.74) is 0. The van der Waals surface area contributed by atoms with Gasteiger partial charge in [0.2, 0.25) is 0 Å². The van der Waals surface area contributed by atoms with E-state index in [1.165, 1.54) is 0 Å². The first-order valence-corrected chi connectivity index (χ1v) is 3.68. The molecule has 4 nitrogen and oxygen atoms in total. The summed E-state index contributed by atoms with van der Waals surface area (Å²) in [5.74, 6) is -1.50. The molecule has 0 bridgehead atoms. The van der Waals surface area contributed by atoms with Crippen LogP contribution < -0.4 is 0 Å². The highest BCUT2D eigenvalue weighted by Gasteiger charge is 2.30. The van der Waals surface area contributed by atoms with Crippen molar-refractivity contribution in [3.05, 3.63) is 0 Å². The number of carboxylic acid groups (broad SMARTS) is 1. The van der Waals surface area contributed by atoms with Crippen LogP contribution in [0.15, 0.2) is 0 Å². The fourth-order valence-electron chi connectivity index (χ4n) is 1.46. The summed E-state index contributed by atoms with van der Waals surface area (Å²) in [6, 6.07) is 0. The zero-order valence-electron chi connectivity index (χ0n) is 6.10. The summed E-state index contributed by atoms with van der Waals surface area (Å²) in [4.78, 5) is 10.4. The van der Waals surface area contributed by atoms with Crippen molar-refractivity contribution in [1.82, 2.24) is 0 Å². The van der Waals surface area contributed by atoms with Crippen molar-refractivity contribution in [2.75, 3.05) is 0 Å². The molecule has 1 rings (SSSR count). The Hall–Kier alpha value is -0.610. The molecule has 1 saturated carbocycles. The van der Waals surface area contributed by atoms with Crippen molar-refractivity contribution in [3.63, 3.8) is 0 Å². The molecule has 2 atom stereocenters. The van der Waals surface area contributed by atoms with Gasteiger partial charge in [0, 0.05) is 0 Å². The molecule has 11 heavy (non-hydrogen) atoms. The number of carbonyl (C=O) groups is 1. The first-order chi connectivity index (χ1) is 5.09. The van der Waals surface area contributed by atoms with E-state index in [-0.39, 0.29) is 12.8 Å². The smallest absolute Gasteiger partial charge is 0.306 e. The number of hydrogen-bond donors (Lipinski definition) is 3. The Balaban J connectivity index is 2.49. The van der Waals surface area contributed by atoms with Gasteiger partial charge in [-0.3, -0.25) is 4.79 Å². The van der Waals surface area contributed by atoms with Crippen molar-refractivity contribution in [2.24, 2.45) is 5.92 Å². The molecule has 2 unspecified atom stereocenters. The molecule has 4 heteroatoms. The second-order valence-corrected chi connectivity index (χ2v) is 3.05. The number of aliphatic hydroxyl groups is 2. The standard InChI is InChI=1S/C7H12O4/c8-5-1-4(7(10)11)2-6(9)3-5/h4-6,8-9H,1-3H2,(H,10,11). The van der Waals surface area contributed by atoms with Crippen LogP contribution in [-0.4, -0.2) is 33.5 Å². The van der Waals surface area contributed by atoms with Crippen LogP contribution in [0.4, 0.5) is 0 Å². The minimum Gasteiger partial charge on any atom is -0.481 e. The Morgan fingerprint density at radius 1 is 1.09 bits per heavy atom. The lowest BCUT2D eigenvalue weighted by Gasteiger charge is -2.26. The van der Waals surface area contributed by atoms with E-state index in [0.29, 0.717) is 6.42 Å². The van der Waals surface area contributed by atoms with Gasteiger partial charge in [0.25, 0.3) is 0 Å². The van der Waals surface area contributed by atoms with E-state index in [4.69, 9.17) is 15.3 Å². The number of rotatable bonds is 1. The number of aliphatic hydroxyl groups excluding tert-OH is 2. The van der Waals surface area contributed by atoms with Crippen molar-refractivity contribution < 1.29 is 20.1 Å². The highest BCUT2D eigenvalue weighted by molar-refractivity contribution is 5.70. The Bertz CT molecular complexity index is 147. The van der Waals surface area contributed by atoms with Crippen LogP contribution in [0.25, 0.3) is 0 Å². The van der Waals surface area contributed by atoms with Gasteiger partial charge in [-0.05, 0) is 19.3 Å². The molecule has 0 aromatic heterocycles. The van der Waals surface area contributed by atoms with E-state index in [2.05, 4.69) is 0 Å². The number of carboxylic acids is 1. The molecule has 0 aromatic rings. The molecule has 0 radical (unpaired) electrons. The molecular formula is C7H12O4. The topological polar surface area (TPSA) is 77.8 Å². The van der Waals surface area contributed by atoms with Crippen LogP contribution in [0.2, 0.25) is 0 Å². The molecule has 0 saturated heterocycles. The monoisotopic (exact) mass is 160 g/mol. The Morgan fingerprint density at radius 2 is 1.55 bits per heavy atom. The lowest BCUT2D eigenvalue weighted by molar-refractivity contribution is -0.146. The predicted octanol–water partition coefficient (Wildman–Crippen LogP) is -0.407. The third kappa shape index (κ3) is 2.17. The molecule has 0 amide bonds. The van der Waals surface area contributed by atoms with Gasteiger partial charge in [-0.1, -0.05) is 0 Å². The van der Waals surface area contributed by atoms with Gasteiger partial charge in [-0.25, -0.2) is 0 Å². The van der Waals surface area contributed by atoms with E-state index in [1.807, 2.05) is 0 Å². The third-order valence-electron chi connectivity index (χ3n) is 2.01. The minimum absolute atomic E-state index is 0.270. The van der Waals surface area contributed by atoms with Crippen LogP contribution in [0.3, 0.4) is 0 Å². The first kappa shape index (κ1) is 8.49. The summed E-state index contributed by atoms with van der Waals surface area (Å²) in [6.45, 7) is 0. The molecule has 64 valence electrons. The SMILES string of the molecule is O=C(O)C1CC(O)CC(O)C1. The van der Waals surface area contributed by atoms with E-state index < -0.39 is 24.1 Å². The highest BCUT2D eigenvalue weighted by atomic mass is 16.4. The van der Waals surface area contributed by atoms with Crippen LogP contribution in [0.1, 0.15) is 19.3 Å². The Kier molecular flexibility index (Phi) is 2.46. The number of hydrogen-bond acceptors (Lipinski definition) is 3. The molecule has 0 aromatic carbocycles. The summed E-state index contributed by atoms with van der Waals surface area (Å²) in [7, 11) is 0. The average molecular weight is 160 g/mol. The van der Waals surface area contributed by atoms with E-state index >= 15 is 0 Å². The molecule has 0 aliphatic heterocycles. The van der Waals surface area contributed by atoms with Crippen molar-refractivity contribution in [1.29, 1.82) is 0 Å². The van der Waals surface area contributed by atoms with Gasteiger partial charge in [0.1, 0.15) is 0 Å². The predicted molar refractivity (Wildman–Crippen MR) is 37.0 cm³/mol. The molecule has 1 aliphatic rings. The molecular weight excluding hydrogens is 148 g/mol. The fourth-order valence-corrected chi connectivity index (χ4v) is 1.46. The number of aliphatic carboxylic acids is 1. The van der Waals surface area contributed by atoms with Gasteiger partial charge in [0.05, 0.1) is 18.1 Å². The first-order valence-electron chi connectivity index (χ1n) is 3.68. The summed E-state index contributed by atoms with van der Waals surface area (Å²) in [5, 5.41) is 26.7. The highest BCUT2D eigenvalue weighted by Crippen LogP contribution is 2.24. The molecule has 0 heterocycles.